The number of ether oxygens (including phenoxy) is 2. The van der Waals surface area contributed by atoms with E-state index >= 15 is 0 Å². The lowest BCUT2D eigenvalue weighted by Gasteiger charge is -2.07. The van der Waals surface area contributed by atoms with Gasteiger partial charge in [-0.1, -0.05) is 29.8 Å². The molecule has 0 spiro atoms. The predicted octanol–water partition coefficient (Wildman–Crippen LogP) is 3.17. The Kier molecular flexibility index (Phi) is 4.96. The number of carbonyl (C=O) groups is 1. The molecule has 0 fully saturated rings. The molecule has 2 rings (SSSR count). The van der Waals surface area contributed by atoms with Crippen LogP contribution >= 0.6 is 11.6 Å². The fourth-order valence-electron chi connectivity index (χ4n) is 1.54. The second-order valence-electron chi connectivity index (χ2n) is 4.26. The highest BCUT2D eigenvalue weighted by molar-refractivity contribution is 6.29. The average Bonchev–Trinajstić information content (AvgIpc) is 2.45. The van der Waals surface area contributed by atoms with Gasteiger partial charge in [0.1, 0.15) is 17.5 Å². The standard InChI is InChI=1S/C15H14ClNO3/c1-11-3-2-4-13(7-11)19-10-15(18)20-9-12-5-6-14(16)17-8-12/h2-8H,9-10H2,1H3. The minimum absolute atomic E-state index is 0.121. The number of hydrogen-bond donors (Lipinski definition) is 0. The van der Waals surface area contributed by atoms with Crippen LogP contribution < -0.4 is 4.74 Å². The number of hydrogen-bond acceptors (Lipinski definition) is 4. The molecule has 0 unspecified atom stereocenters. The average molecular weight is 292 g/mol. The largest absolute Gasteiger partial charge is 0.482 e. The smallest absolute Gasteiger partial charge is 0.344 e. The van der Waals surface area contributed by atoms with E-state index in [1.807, 2.05) is 25.1 Å². The van der Waals surface area contributed by atoms with E-state index in [1.165, 1.54) is 0 Å². The molecule has 4 nitrogen and oxygen atoms in total. The fourth-order valence-corrected chi connectivity index (χ4v) is 1.66. The van der Waals surface area contributed by atoms with Gasteiger partial charge in [0.05, 0.1) is 0 Å². The van der Waals surface area contributed by atoms with E-state index in [0.29, 0.717) is 10.9 Å². The van der Waals surface area contributed by atoms with Gasteiger partial charge >= 0.3 is 5.97 Å². The van der Waals surface area contributed by atoms with E-state index in [-0.39, 0.29) is 13.2 Å². The van der Waals surface area contributed by atoms with Crippen molar-refractivity contribution in [1.29, 1.82) is 0 Å². The zero-order valence-electron chi connectivity index (χ0n) is 11.0. The van der Waals surface area contributed by atoms with Crippen LogP contribution in [0.5, 0.6) is 5.75 Å². The van der Waals surface area contributed by atoms with Gasteiger partial charge in [0.15, 0.2) is 6.61 Å². The van der Waals surface area contributed by atoms with Crippen LogP contribution in [-0.4, -0.2) is 17.6 Å². The highest BCUT2D eigenvalue weighted by Gasteiger charge is 2.05. The molecule has 0 saturated carbocycles. The first kappa shape index (κ1) is 14.3. The molecule has 0 saturated heterocycles. The summed E-state index contributed by atoms with van der Waals surface area (Å²) in [6.45, 7) is 1.99. The molecule has 104 valence electrons. The molecule has 5 heteroatoms. The molecule has 0 aliphatic carbocycles. The van der Waals surface area contributed by atoms with E-state index in [0.717, 1.165) is 11.1 Å². The van der Waals surface area contributed by atoms with Crippen molar-refractivity contribution >= 4 is 17.6 Å². The number of esters is 1. The number of nitrogens with zero attached hydrogens (tertiary/aromatic N) is 1. The zero-order chi connectivity index (χ0) is 14.4. The van der Waals surface area contributed by atoms with Gasteiger partial charge < -0.3 is 9.47 Å². The lowest BCUT2D eigenvalue weighted by Crippen LogP contribution is -2.14. The summed E-state index contributed by atoms with van der Waals surface area (Å²) in [4.78, 5) is 15.5. The van der Waals surface area contributed by atoms with E-state index in [4.69, 9.17) is 21.1 Å². The number of aryl methyl sites for hydroxylation is 1. The molecule has 0 radical (unpaired) electrons. The molecule has 0 bridgehead atoms. The van der Waals surface area contributed by atoms with Crippen LogP contribution in [0.4, 0.5) is 0 Å². The van der Waals surface area contributed by atoms with E-state index in [1.54, 1.807) is 24.4 Å². The number of rotatable bonds is 5. The summed E-state index contributed by atoms with van der Waals surface area (Å²) in [5.74, 6) is 0.219. The van der Waals surface area contributed by atoms with Gasteiger partial charge in [-0.15, -0.1) is 0 Å². The monoisotopic (exact) mass is 291 g/mol. The summed E-state index contributed by atoms with van der Waals surface area (Å²) in [5, 5.41) is 0.405. The SMILES string of the molecule is Cc1cccc(OCC(=O)OCc2ccc(Cl)nc2)c1. The van der Waals surface area contributed by atoms with Crippen LogP contribution in [0.25, 0.3) is 0 Å². The van der Waals surface area contributed by atoms with Gasteiger partial charge in [-0.2, -0.15) is 0 Å². The maximum atomic E-state index is 11.5. The molecule has 0 N–H and O–H groups in total. The summed E-state index contributed by atoms with van der Waals surface area (Å²) >= 11 is 5.67. The summed E-state index contributed by atoms with van der Waals surface area (Å²) < 4.78 is 10.4. The lowest BCUT2D eigenvalue weighted by molar-refractivity contribution is -0.147. The van der Waals surface area contributed by atoms with E-state index < -0.39 is 5.97 Å². The first-order valence-corrected chi connectivity index (χ1v) is 6.47. The summed E-state index contributed by atoms with van der Waals surface area (Å²) in [7, 11) is 0. The maximum Gasteiger partial charge on any atom is 0.344 e. The van der Waals surface area contributed by atoms with Crippen molar-refractivity contribution in [2.75, 3.05) is 6.61 Å². The topological polar surface area (TPSA) is 48.4 Å². The highest BCUT2D eigenvalue weighted by Crippen LogP contribution is 2.12. The predicted molar refractivity (Wildman–Crippen MR) is 75.7 cm³/mol. The van der Waals surface area contributed by atoms with Gasteiger partial charge in [-0.3, -0.25) is 0 Å². The van der Waals surface area contributed by atoms with Crippen LogP contribution in [-0.2, 0) is 16.1 Å². The second kappa shape index (κ2) is 6.91. The number of carbonyl (C=O) groups excluding carboxylic acids is 1. The van der Waals surface area contributed by atoms with Gasteiger partial charge in [-0.25, -0.2) is 9.78 Å². The lowest BCUT2D eigenvalue weighted by atomic mass is 10.2. The van der Waals surface area contributed by atoms with Crippen molar-refractivity contribution in [2.24, 2.45) is 0 Å². The maximum absolute atomic E-state index is 11.5. The Balaban J connectivity index is 1.77. The van der Waals surface area contributed by atoms with Gasteiger partial charge in [-0.05, 0) is 30.7 Å². The van der Waals surface area contributed by atoms with Crippen molar-refractivity contribution in [3.63, 3.8) is 0 Å². The van der Waals surface area contributed by atoms with Crippen molar-refractivity contribution < 1.29 is 14.3 Å². The van der Waals surface area contributed by atoms with Crippen LogP contribution in [0.2, 0.25) is 5.15 Å². The zero-order valence-corrected chi connectivity index (χ0v) is 11.8. The van der Waals surface area contributed by atoms with Crippen LogP contribution in [0.1, 0.15) is 11.1 Å². The second-order valence-corrected chi connectivity index (χ2v) is 4.64. The van der Waals surface area contributed by atoms with Crippen LogP contribution in [0, 0.1) is 6.92 Å². The summed E-state index contributed by atoms with van der Waals surface area (Å²) in [6, 6.07) is 10.9. The molecule has 0 amide bonds. The highest BCUT2D eigenvalue weighted by atomic mass is 35.5. The molecular formula is C15H14ClNO3. The van der Waals surface area contributed by atoms with Crippen molar-refractivity contribution in [1.82, 2.24) is 4.98 Å². The van der Waals surface area contributed by atoms with Crippen molar-refractivity contribution in [3.8, 4) is 5.75 Å². The third-order valence-electron chi connectivity index (χ3n) is 2.53. The van der Waals surface area contributed by atoms with E-state index in [9.17, 15) is 4.79 Å². The number of benzene rings is 1. The summed E-state index contributed by atoms with van der Waals surface area (Å²) in [6.07, 6.45) is 1.57. The Morgan fingerprint density at radius 1 is 1.30 bits per heavy atom. The molecule has 0 atom stereocenters. The quantitative estimate of drug-likeness (QED) is 0.627. The number of halogens is 1. The Morgan fingerprint density at radius 2 is 2.15 bits per heavy atom. The number of pyridine rings is 1. The Bertz CT molecular complexity index is 584. The van der Waals surface area contributed by atoms with Crippen LogP contribution in [0.3, 0.4) is 0 Å². The minimum Gasteiger partial charge on any atom is -0.482 e. The number of aromatic nitrogens is 1. The first-order chi connectivity index (χ1) is 9.63. The molecule has 1 aromatic heterocycles. The first-order valence-electron chi connectivity index (χ1n) is 6.09. The van der Waals surface area contributed by atoms with Crippen LogP contribution in [0.15, 0.2) is 42.6 Å². The van der Waals surface area contributed by atoms with Crippen molar-refractivity contribution in [3.05, 3.63) is 58.9 Å². The van der Waals surface area contributed by atoms with Gasteiger partial charge in [0.2, 0.25) is 0 Å². The third-order valence-corrected chi connectivity index (χ3v) is 2.76. The minimum atomic E-state index is -0.429. The fraction of sp³-hybridized carbons (Fsp3) is 0.200. The molecule has 0 aliphatic rings. The van der Waals surface area contributed by atoms with Crippen molar-refractivity contribution in [2.45, 2.75) is 13.5 Å². The molecule has 20 heavy (non-hydrogen) atoms. The van der Waals surface area contributed by atoms with Gasteiger partial charge in [0.25, 0.3) is 0 Å². The molecule has 1 aromatic carbocycles. The Morgan fingerprint density at radius 3 is 2.85 bits per heavy atom. The van der Waals surface area contributed by atoms with Gasteiger partial charge in [0, 0.05) is 11.8 Å². The molecule has 1 heterocycles. The normalized spacial score (nSPS) is 10.1. The third kappa shape index (κ3) is 4.55. The summed E-state index contributed by atoms with van der Waals surface area (Å²) in [5.41, 5.74) is 1.85. The Labute approximate surface area is 122 Å². The molecule has 0 aliphatic heterocycles. The molecule has 2 aromatic rings. The van der Waals surface area contributed by atoms with E-state index in [2.05, 4.69) is 4.98 Å². The molecular weight excluding hydrogens is 278 g/mol. The Hall–Kier alpha value is -2.07.